The molecule has 1 aliphatic heterocycles. The summed E-state index contributed by atoms with van der Waals surface area (Å²) in [6, 6.07) is 1.62. The van der Waals surface area contributed by atoms with Gasteiger partial charge in [0.15, 0.2) is 0 Å². The van der Waals surface area contributed by atoms with Gasteiger partial charge in [0.1, 0.15) is 0 Å². The van der Waals surface area contributed by atoms with E-state index in [0.717, 1.165) is 36.4 Å². The summed E-state index contributed by atoms with van der Waals surface area (Å²) in [4.78, 5) is 2.79. The first-order valence-corrected chi connectivity index (χ1v) is 8.63. The highest BCUT2D eigenvalue weighted by Crippen LogP contribution is 2.35. The third-order valence-electron chi connectivity index (χ3n) is 5.56. The quantitative estimate of drug-likeness (QED) is 0.819. The predicted molar refractivity (Wildman–Crippen MR) is 83.4 cm³/mol. The molecule has 1 saturated heterocycles. The summed E-state index contributed by atoms with van der Waals surface area (Å²) in [5.74, 6) is 2.64. The van der Waals surface area contributed by atoms with Crippen LogP contribution < -0.4 is 5.32 Å². The molecule has 0 amide bonds. The zero-order chi connectivity index (χ0) is 13.8. The molecule has 1 N–H and O–H groups in total. The number of likely N-dealkylation sites (tertiary alicyclic amines) is 1. The summed E-state index contributed by atoms with van der Waals surface area (Å²) in [5, 5.41) is 3.78. The van der Waals surface area contributed by atoms with E-state index in [1.807, 2.05) is 0 Å². The molecule has 5 unspecified atom stereocenters. The molecule has 1 heterocycles. The fourth-order valence-corrected chi connectivity index (χ4v) is 4.58. The Hall–Kier alpha value is -0.0800. The Bertz CT molecular complexity index is 266. The lowest BCUT2D eigenvalue weighted by atomic mass is 9.72. The van der Waals surface area contributed by atoms with E-state index in [-0.39, 0.29) is 0 Å². The minimum Gasteiger partial charge on any atom is -0.314 e. The minimum atomic E-state index is 0.752. The molecule has 0 spiro atoms. The van der Waals surface area contributed by atoms with Crippen LogP contribution in [0.5, 0.6) is 0 Å². The molecular formula is C17H34N2. The first kappa shape index (κ1) is 15.3. The molecule has 0 aromatic heterocycles. The Morgan fingerprint density at radius 3 is 2.63 bits per heavy atom. The van der Waals surface area contributed by atoms with Crippen molar-refractivity contribution in [2.24, 2.45) is 17.8 Å². The third kappa shape index (κ3) is 3.72. The fourth-order valence-electron chi connectivity index (χ4n) is 4.58. The summed E-state index contributed by atoms with van der Waals surface area (Å²) < 4.78 is 0. The van der Waals surface area contributed by atoms with E-state index >= 15 is 0 Å². The van der Waals surface area contributed by atoms with Crippen molar-refractivity contribution in [2.75, 3.05) is 19.6 Å². The van der Waals surface area contributed by atoms with Crippen molar-refractivity contribution in [3.8, 4) is 0 Å². The van der Waals surface area contributed by atoms with Gasteiger partial charge in [0.05, 0.1) is 0 Å². The van der Waals surface area contributed by atoms with Gasteiger partial charge in [0.2, 0.25) is 0 Å². The first-order valence-electron chi connectivity index (χ1n) is 8.63. The predicted octanol–water partition coefficient (Wildman–Crippen LogP) is 3.52. The molecule has 1 aliphatic carbocycles. The SMILES string of the molecule is CCNC1CC(C)CC(C)C1CN1CCCC1CC. The molecule has 19 heavy (non-hydrogen) atoms. The van der Waals surface area contributed by atoms with Gasteiger partial charge in [0.25, 0.3) is 0 Å². The topological polar surface area (TPSA) is 15.3 Å². The van der Waals surface area contributed by atoms with Crippen LogP contribution >= 0.6 is 0 Å². The summed E-state index contributed by atoms with van der Waals surface area (Å²) in [5.41, 5.74) is 0. The van der Waals surface area contributed by atoms with Gasteiger partial charge < -0.3 is 10.2 Å². The molecule has 0 bridgehead atoms. The van der Waals surface area contributed by atoms with Crippen molar-refractivity contribution in [3.05, 3.63) is 0 Å². The van der Waals surface area contributed by atoms with E-state index in [1.165, 1.54) is 45.2 Å². The number of nitrogens with one attached hydrogen (secondary N) is 1. The Labute approximate surface area is 120 Å². The van der Waals surface area contributed by atoms with Crippen molar-refractivity contribution in [1.29, 1.82) is 0 Å². The molecule has 0 aromatic carbocycles. The van der Waals surface area contributed by atoms with Crippen LogP contribution in [0.15, 0.2) is 0 Å². The Morgan fingerprint density at radius 1 is 1.16 bits per heavy atom. The van der Waals surface area contributed by atoms with Gasteiger partial charge >= 0.3 is 0 Å². The van der Waals surface area contributed by atoms with E-state index < -0.39 is 0 Å². The van der Waals surface area contributed by atoms with Gasteiger partial charge in [-0.05, 0) is 62.9 Å². The lowest BCUT2D eigenvalue weighted by Crippen LogP contribution is -2.49. The van der Waals surface area contributed by atoms with Crippen molar-refractivity contribution in [1.82, 2.24) is 10.2 Å². The van der Waals surface area contributed by atoms with Crippen LogP contribution in [0.3, 0.4) is 0 Å². The zero-order valence-corrected chi connectivity index (χ0v) is 13.5. The summed E-state index contributed by atoms with van der Waals surface area (Å²) in [6.07, 6.45) is 7.00. The Morgan fingerprint density at radius 2 is 1.95 bits per heavy atom. The van der Waals surface area contributed by atoms with Gasteiger partial charge in [-0.25, -0.2) is 0 Å². The highest BCUT2D eigenvalue weighted by Gasteiger charge is 2.36. The maximum atomic E-state index is 3.78. The number of hydrogen-bond acceptors (Lipinski definition) is 2. The highest BCUT2D eigenvalue weighted by molar-refractivity contribution is 4.91. The lowest BCUT2D eigenvalue weighted by Gasteiger charge is -2.42. The second-order valence-electron chi connectivity index (χ2n) is 7.08. The lowest BCUT2D eigenvalue weighted by molar-refractivity contribution is 0.0953. The van der Waals surface area contributed by atoms with Crippen molar-refractivity contribution in [3.63, 3.8) is 0 Å². The van der Waals surface area contributed by atoms with Crippen LogP contribution in [0.25, 0.3) is 0 Å². The number of hydrogen-bond donors (Lipinski definition) is 1. The van der Waals surface area contributed by atoms with E-state index in [1.54, 1.807) is 0 Å². The zero-order valence-electron chi connectivity index (χ0n) is 13.5. The largest absolute Gasteiger partial charge is 0.314 e. The Kier molecular flexibility index (Phi) is 5.70. The smallest absolute Gasteiger partial charge is 0.0112 e. The second kappa shape index (κ2) is 7.08. The third-order valence-corrected chi connectivity index (χ3v) is 5.56. The second-order valence-corrected chi connectivity index (χ2v) is 7.08. The molecule has 0 radical (unpaired) electrons. The normalized spacial score (nSPS) is 40.7. The molecule has 1 saturated carbocycles. The molecule has 112 valence electrons. The average Bonchev–Trinajstić information content (AvgIpc) is 2.81. The van der Waals surface area contributed by atoms with Crippen LogP contribution in [-0.4, -0.2) is 36.6 Å². The molecule has 5 atom stereocenters. The molecule has 2 nitrogen and oxygen atoms in total. The Balaban J connectivity index is 1.98. The molecule has 2 aliphatic rings. The van der Waals surface area contributed by atoms with Gasteiger partial charge in [-0.3, -0.25) is 0 Å². The summed E-state index contributed by atoms with van der Waals surface area (Å²) in [7, 11) is 0. The summed E-state index contributed by atoms with van der Waals surface area (Å²) >= 11 is 0. The van der Waals surface area contributed by atoms with Gasteiger partial charge in [-0.2, -0.15) is 0 Å². The average molecular weight is 266 g/mol. The standard InChI is InChI=1S/C17H34N2/c1-5-15-8-7-9-19(15)12-16-14(4)10-13(3)11-17(16)18-6-2/h13-18H,5-12H2,1-4H3. The van der Waals surface area contributed by atoms with Crippen LogP contribution in [0, 0.1) is 17.8 Å². The first-order chi connectivity index (χ1) is 9.15. The van der Waals surface area contributed by atoms with Crippen molar-refractivity contribution < 1.29 is 0 Å². The molecular weight excluding hydrogens is 232 g/mol. The number of nitrogens with zero attached hydrogens (tertiary/aromatic N) is 1. The maximum absolute atomic E-state index is 3.78. The fraction of sp³-hybridized carbons (Fsp3) is 1.00. The van der Waals surface area contributed by atoms with Gasteiger partial charge in [-0.1, -0.05) is 27.7 Å². The van der Waals surface area contributed by atoms with Crippen LogP contribution in [0.2, 0.25) is 0 Å². The number of rotatable bonds is 5. The monoisotopic (exact) mass is 266 g/mol. The van der Waals surface area contributed by atoms with E-state index in [0.29, 0.717) is 0 Å². The van der Waals surface area contributed by atoms with Crippen LogP contribution in [0.1, 0.15) is 59.8 Å². The molecule has 2 rings (SSSR count). The van der Waals surface area contributed by atoms with Crippen LogP contribution in [0.4, 0.5) is 0 Å². The van der Waals surface area contributed by atoms with Crippen LogP contribution in [-0.2, 0) is 0 Å². The van der Waals surface area contributed by atoms with E-state index in [2.05, 4.69) is 37.9 Å². The van der Waals surface area contributed by atoms with E-state index in [9.17, 15) is 0 Å². The minimum absolute atomic E-state index is 0.752. The maximum Gasteiger partial charge on any atom is 0.0112 e. The van der Waals surface area contributed by atoms with Gasteiger partial charge in [0, 0.05) is 18.6 Å². The molecule has 0 aromatic rings. The van der Waals surface area contributed by atoms with E-state index in [4.69, 9.17) is 0 Å². The molecule has 2 fully saturated rings. The van der Waals surface area contributed by atoms with Crippen molar-refractivity contribution in [2.45, 2.75) is 71.9 Å². The highest BCUT2D eigenvalue weighted by atomic mass is 15.2. The molecule has 2 heteroatoms. The van der Waals surface area contributed by atoms with Crippen molar-refractivity contribution >= 4 is 0 Å². The van der Waals surface area contributed by atoms with Gasteiger partial charge in [-0.15, -0.1) is 0 Å². The summed E-state index contributed by atoms with van der Waals surface area (Å²) in [6.45, 7) is 13.3.